The van der Waals surface area contributed by atoms with Gasteiger partial charge in [-0.1, -0.05) is 12.1 Å². The highest BCUT2D eigenvalue weighted by molar-refractivity contribution is 7.92. The molecule has 0 bridgehead atoms. The summed E-state index contributed by atoms with van der Waals surface area (Å²) >= 11 is 0. The van der Waals surface area contributed by atoms with Gasteiger partial charge in [-0.2, -0.15) is 0 Å². The molecule has 0 amide bonds. The minimum absolute atomic E-state index is 0.0247. The molecule has 0 saturated carbocycles. The van der Waals surface area contributed by atoms with Crippen molar-refractivity contribution in [1.82, 2.24) is 14.6 Å². The summed E-state index contributed by atoms with van der Waals surface area (Å²) in [4.78, 5) is 4.47. The molecule has 0 fully saturated rings. The number of fused-ring (bicyclic) bond motifs is 1. The normalized spacial score (nSPS) is 11.5. The van der Waals surface area contributed by atoms with Gasteiger partial charge in [0.25, 0.3) is 10.0 Å². The van der Waals surface area contributed by atoms with Crippen LogP contribution in [0.3, 0.4) is 0 Å². The molecule has 2 aromatic carbocycles. The van der Waals surface area contributed by atoms with Crippen LogP contribution >= 0.6 is 0 Å². The van der Waals surface area contributed by atoms with Crippen LogP contribution in [0.25, 0.3) is 16.9 Å². The second-order valence-corrected chi connectivity index (χ2v) is 7.63. The fraction of sp³-hybridized carbons (Fsp3) is 0.0526. The largest absolute Gasteiger partial charge is 0.480 e. The van der Waals surface area contributed by atoms with Gasteiger partial charge in [0.05, 0.1) is 23.9 Å². The van der Waals surface area contributed by atoms with Crippen LogP contribution in [0.15, 0.2) is 71.8 Å². The molecule has 0 spiro atoms. The first-order valence-electron chi connectivity index (χ1n) is 8.24. The van der Waals surface area contributed by atoms with E-state index in [1.54, 1.807) is 41.0 Å². The van der Waals surface area contributed by atoms with Crippen LogP contribution in [0.4, 0.5) is 10.1 Å². The zero-order valence-electron chi connectivity index (χ0n) is 14.7. The number of methoxy groups -OCH3 is 1. The molecule has 0 aliphatic carbocycles. The monoisotopic (exact) mass is 398 g/mol. The molecular formula is C19H15FN4O3S. The fourth-order valence-electron chi connectivity index (χ4n) is 2.68. The summed E-state index contributed by atoms with van der Waals surface area (Å²) < 4.78 is 47.2. The smallest absolute Gasteiger partial charge is 0.261 e. The maximum Gasteiger partial charge on any atom is 0.261 e. The van der Waals surface area contributed by atoms with Gasteiger partial charge in [0, 0.05) is 17.3 Å². The van der Waals surface area contributed by atoms with Crippen LogP contribution in [0.2, 0.25) is 0 Å². The van der Waals surface area contributed by atoms with Crippen LogP contribution in [0, 0.1) is 5.82 Å². The third-order valence-electron chi connectivity index (χ3n) is 4.04. The second-order valence-electron chi connectivity index (χ2n) is 5.94. The second kappa shape index (κ2) is 6.93. The number of nitrogens with one attached hydrogen (secondary N) is 1. The number of ether oxygens (including phenoxy) is 1. The molecule has 4 rings (SSSR count). The van der Waals surface area contributed by atoms with Gasteiger partial charge in [-0.15, -0.1) is 5.10 Å². The zero-order chi connectivity index (χ0) is 19.7. The molecule has 4 aromatic rings. The molecule has 2 heterocycles. The third kappa shape index (κ3) is 3.52. The van der Waals surface area contributed by atoms with E-state index in [-0.39, 0.29) is 4.90 Å². The molecule has 0 aliphatic rings. The van der Waals surface area contributed by atoms with Crippen LogP contribution in [-0.2, 0) is 10.0 Å². The Kier molecular flexibility index (Phi) is 4.44. The highest BCUT2D eigenvalue weighted by atomic mass is 32.2. The van der Waals surface area contributed by atoms with Crippen molar-refractivity contribution >= 4 is 21.4 Å². The van der Waals surface area contributed by atoms with Gasteiger partial charge >= 0.3 is 0 Å². The Morgan fingerprint density at radius 2 is 1.86 bits per heavy atom. The van der Waals surface area contributed by atoms with Crippen molar-refractivity contribution in [3.8, 4) is 17.1 Å². The van der Waals surface area contributed by atoms with E-state index in [1.807, 2.05) is 6.07 Å². The van der Waals surface area contributed by atoms with E-state index < -0.39 is 15.8 Å². The molecule has 7 nitrogen and oxygen atoms in total. The number of imidazole rings is 1. The van der Waals surface area contributed by atoms with E-state index in [2.05, 4.69) is 14.8 Å². The maximum absolute atomic E-state index is 13.0. The quantitative estimate of drug-likeness (QED) is 0.557. The molecule has 0 atom stereocenters. The Labute approximate surface area is 160 Å². The Hall–Kier alpha value is -3.46. The Bertz CT molecular complexity index is 1250. The number of benzene rings is 2. The van der Waals surface area contributed by atoms with Crippen molar-refractivity contribution in [2.24, 2.45) is 0 Å². The molecule has 142 valence electrons. The molecule has 28 heavy (non-hydrogen) atoms. The summed E-state index contributed by atoms with van der Waals surface area (Å²) in [5, 5.41) is 4.26. The highest BCUT2D eigenvalue weighted by Gasteiger charge is 2.15. The van der Waals surface area contributed by atoms with Gasteiger partial charge in [-0.3, -0.25) is 4.72 Å². The summed E-state index contributed by atoms with van der Waals surface area (Å²) in [5.41, 5.74) is 2.34. The highest BCUT2D eigenvalue weighted by Crippen LogP contribution is 2.24. The molecule has 9 heteroatoms. The fourth-order valence-corrected chi connectivity index (χ4v) is 3.73. The Balaban J connectivity index is 1.65. The summed E-state index contributed by atoms with van der Waals surface area (Å²) in [6, 6.07) is 14.9. The van der Waals surface area contributed by atoms with Gasteiger partial charge in [0.1, 0.15) is 5.82 Å². The van der Waals surface area contributed by atoms with E-state index in [0.717, 1.165) is 12.1 Å². The lowest BCUT2D eigenvalue weighted by Crippen LogP contribution is -2.12. The van der Waals surface area contributed by atoms with Crippen LogP contribution in [0.1, 0.15) is 0 Å². The first kappa shape index (κ1) is 17.9. The minimum atomic E-state index is -3.83. The van der Waals surface area contributed by atoms with E-state index in [4.69, 9.17) is 4.74 Å². The number of rotatable bonds is 5. The lowest BCUT2D eigenvalue weighted by Gasteiger charge is -2.09. The zero-order valence-corrected chi connectivity index (χ0v) is 15.5. The number of halogens is 1. The minimum Gasteiger partial charge on any atom is -0.480 e. The number of hydrogen-bond acceptors (Lipinski definition) is 5. The van der Waals surface area contributed by atoms with Crippen LogP contribution < -0.4 is 9.46 Å². The number of nitrogens with zero attached hydrogens (tertiary/aromatic N) is 3. The molecule has 0 radical (unpaired) electrons. The summed E-state index contributed by atoms with van der Waals surface area (Å²) in [6.07, 6.45) is 1.73. The van der Waals surface area contributed by atoms with E-state index in [1.165, 1.54) is 19.2 Å². The summed E-state index contributed by atoms with van der Waals surface area (Å²) in [6.45, 7) is 0. The average Bonchev–Trinajstić information content (AvgIpc) is 3.11. The Morgan fingerprint density at radius 3 is 2.61 bits per heavy atom. The molecule has 0 aliphatic heterocycles. The SMILES string of the molecule is COc1ccc2nc(-c3cccc(NS(=O)(=O)c4ccc(F)cc4)c3)cn2n1. The number of aromatic nitrogens is 3. The number of sulfonamides is 1. The van der Waals surface area contributed by atoms with Crippen molar-refractivity contribution in [3.63, 3.8) is 0 Å². The molecule has 1 N–H and O–H groups in total. The Morgan fingerprint density at radius 1 is 1.07 bits per heavy atom. The van der Waals surface area contributed by atoms with Gasteiger partial charge in [-0.25, -0.2) is 22.3 Å². The van der Waals surface area contributed by atoms with Crippen molar-refractivity contribution < 1.29 is 17.5 Å². The van der Waals surface area contributed by atoms with Crippen molar-refractivity contribution in [1.29, 1.82) is 0 Å². The first-order valence-corrected chi connectivity index (χ1v) is 9.72. The van der Waals surface area contributed by atoms with Crippen LogP contribution in [0.5, 0.6) is 5.88 Å². The standard InChI is InChI=1S/C19H15FN4O3S/c1-27-19-10-9-18-21-17(12-24(18)22-19)13-3-2-4-15(11-13)23-28(25,26)16-7-5-14(20)6-8-16/h2-12,23H,1H3. The van der Waals surface area contributed by atoms with Crippen molar-refractivity contribution in [2.45, 2.75) is 4.90 Å². The summed E-state index contributed by atoms with van der Waals surface area (Å²) in [5.74, 6) is -0.0460. The predicted molar refractivity (Wildman–Crippen MR) is 102 cm³/mol. The maximum atomic E-state index is 13.0. The topological polar surface area (TPSA) is 85.6 Å². The van der Waals surface area contributed by atoms with Gasteiger partial charge in [0.2, 0.25) is 5.88 Å². The molecule has 0 unspecified atom stereocenters. The average molecular weight is 398 g/mol. The lowest BCUT2D eigenvalue weighted by atomic mass is 10.1. The number of hydrogen-bond donors (Lipinski definition) is 1. The molecule has 2 aromatic heterocycles. The molecule has 0 saturated heterocycles. The van der Waals surface area contributed by atoms with E-state index in [0.29, 0.717) is 28.5 Å². The van der Waals surface area contributed by atoms with Crippen molar-refractivity contribution in [2.75, 3.05) is 11.8 Å². The van der Waals surface area contributed by atoms with E-state index >= 15 is 0 Å². The van der Waals surface area contributed by atoms with Gasteiger partial charge in [0.15, 0.2) is 5.65 Å². The van der Waals surface area contributed by atoms with Crippen LogP contribution in [-0.4, -0.2) is 30.1 Å². The number of anilines is 1. The van der Waals surface area contributed by atoms with Gasteiger partial charge in [-0.05, 0) is 42.5 Å². The van der Waals surface area contributed by atoms with E-state index in [9.17, 15) is 12.8 Å². The lowest BCUT2D eigenvalue weighted by molar-refractivity contribution is 0.390. The molecular weight excluding hydrogens is 383 g/mol. The summed E-state index contributed by atoms with van der Waals surface area (Å²) in [7, 11) is -2.30. The third-order valence-corrected chi connectivity index (χ3v) is 5.44. The van der Waals surface area contributed by atoms with Crippen molar-refractivity contribution in [3.05, 3.63) is 72.7 Å². The van der Waals surface area contributed by atoms with Gasteiger partial charge < -0.3 is 4.74 Å². The first-order chi connectivity index (χ1) is 13.4. The predicted octanol–water partition coefficient (Wildman–Crippen LogP) is 3.34.